The highest BCUT2D eigenvalue weighted by molar-refractivity contribution is 6.30. The molecule has 0 spiro atoms. The van der Waals surface area contributed by atoms with Crippen LogP contribution in [0.5, 0.6) is 0 Å². The Kier molecular flexibility index (Phi) is 7.13. The van der Waals surface area contributed by atoms with Crippen molar-refractivity contribution in [3.05, 3.63) is 35.2 Å². The summed E-state index contributed by atoms with van der Waals surface area (Å²) >= 11 is 6.07. The fourth-order valence-corrected chi connectivity index (χ4v) is 3.88. The molecule has 0 bridgehead atoms. The Morgan fingerprint density at radius 2 is 2.03 bits per heavy atom. The maximum absolute atomic E-state index is 13.2. The lowest BCUT2D eigenvalue weighted by molar-refractivity contribution is -0.146. The monoisotopic (exact) mass is 432 g/mol. The summed E-state index contributed by atoms with van der Waals surface area (Å²) in [5.41, 5.74) is 0.764. The van der Waals surface area contributed by atoms with E-state index < -0.39 is 0 Å². The largest absolute Gasteiger partial charge is 0.337 e. The molecule has 1 unspecified atom stereocenters. The van der Waals surface area contributed by atoms with Crippen molar-refractivity contribution in [1.29, 1.82) is 0 Å². The first-order chi connectivity index (χ1) is 14.3. The smallest absolute Gasteiger partial charge is 0.249 e. The third-order valence-electron chi connectivity index (χ3n) is 5.34. The highest BCUT2D eigenvalue weighted by Gasteiger charge is 2.34. The SMILES string of the molecule is CC(C)C(=O)N(CC(=O)N1CCCCC1c1nc(-c2cccc(Cl)c2)no1)C(C)C. The van der Waals surface area contributed by atoms with Crippen LogP contribution in [0.1, 0.15) is 58.9 Å². The molecule has 0 aliphatic carbocycles. The number of carbonyl (C=O) groups is 2. The Labute approximate surface area is 182 Å². The van der Waals surface area contributed by atoms with Crippen LogP contribution in [-0.2, 0) is 9.59 Å². The number of hydrogen-bond acceptors (Lipinski definition) is 5. The minimum absolute atomic E-state index is 0.0204. The lowest BCUT2D eigenvalue weighted by atomic mass is 10.0. The molecule has 1 aliphatic rings. The van der Waals surface area contributed by atoms with Gasteiger partial charge >= 0.3 is 0 Å². The zero-order valence-electron chi connectivity index (χ0n) is 18.0. The molecular weight excluding hydrogens is 404 g/mol. The van der Waals surface area contributed by atoms with E-state index in [1.54, 1.807) is 21.9 Å². The van der Waals surface area contributed by atoms with Gasteiger partial charge in [-0.05, 0) is 45.2 Å². The zero-order chi connectivity index (χ0) is 21.8. The van der Waals surface area contributed by atoms with E-state index in [0.29, 0.717) is 23.3 Å². The van der Waals surface area contributed by atoms with Gasteiger partial charge < -0.3 is 14.3 Å². The second-order valence-corrected chi connectivity index (χ2v) is 8.72. The van der Waals surface area contributed by atoms with Gasteiger partial charge in [-0.3, -0.25) is 9.59 Å². The van der Waals surface area contributed by atoms with Crippen molar-refractivity contribution in [2.24, 2.45) is 5.92 Å². The molecule has 2 heterocycles. The highest BCUT2D eigenvalue weighted by atomic mass is 35.5. The van der Waals surface area contributed by atoms with Gasteiger partial charge in [0.05, 0.1) is 0 Å². The van der Waals surface area contributed by atoms with Crippen LogP contribution in [0.15, 0.2) is 28.8 Å². The van der Waals surface area contributed by atoms with Gasteiger partial charge in [0.25, 0.3) is 0 Å². The number of hydrogen-bond donors (Lipinski definition) is 0. The molecule has 1 atom stereocenters. The number of rotatable bonds is 6. The van der Waals surface area contributed by atoms with E-state index in [4.69, 9.17) is 16.1 Å². The molecule has 30 heavy (non-hydrogen) atoms. The molecule has 1 aromatic carbocycles. The number of amides is 2. The molecule has 162 valence electrons. The van der Waals surface area contributed by atoms with Gasteiger partial charge in [-0.15, -0.1) is 0 Å². The minimum Gasteiger partial charge on any atom is -0.337 e. The van der Waals surface area contributed by atoms with Crippen molar-refractivity contribution in [2.45, 2.75) is 59.0 Å². The van der Waals surface area contributed by atoms with Crippen molar-refractivity contribution < 1.29 is 14.1 Å². The van der Waals surface area contributed by atoms with Crippen LogP contribution in [0, 0.1) is 5.92 Å². The zero-order valence-corrected chi connectivity index (χ0v) is 18.7. The summed E-state index contributed by atoms with van der Waals surface area (Å²) in [4.78, 5) is 33.7. The first-order valence-electron chi connectivity index (χ1n) is 10.5. The van der Waals surface area contributed by atoms with Gasteiger partial charge in [0.1, 0.15) is 12.6 Å². The Morgan fingerprint density at radius 1 is 1.27 bits per heavy atom. The average Bonchev–Trinajstić information content (AvgIpc) is 3.21. The highest BCUT2D eigenvalue weighted by Crippen LogP contribution is 2.31. The summed E-state index contributed by atoms with van der Waals surface area (Å²) in [5.74, 6) is 0.597. The van der Waals surface area contributed by atoms with E-state index in [1.807, 2.05) is 39.8 Å². The van der Waals surface area contributed by atoms with Gasteiger partial charge in [-0.2, -0.15) is 4.98 Å². The van der Waals surface area contributed by atoms with E-state index in [2.05, 4.69) is 10.1 Å². The summed E-state index contributed by atoms with van der Waals surface area (Å²) in [6.45, 7) is 8.22. The van der Waals surface area contributed by atoms with E-state index >= 15 is 0 Å². The molecule has 3 rings (SSSR count). The van der Waals surface area contributed by atoms with Crippen molar-refractivity contribution in [3.8, 4) is 11.4 Å². The summed E-state index contributed by atoms with van der Waals surface area (Å²) in [6, 6.07) is 6.92. The molecule has 1 fully saturated rings. The van der Waals surface area contributed by atoms with Crippen LogP contribution in [-0.4, -0.2) is 50.9 Å². The summed E-state index contributed by atoms with van der Waals surface area (Å²) in [5, 5.41) is 4.68. The predicted octanol–water partition coefficient (Wildman–Crippen LogP) is 4.34. The number of likely N-dealkylation sites (tertiary alicyclic amines) is 1. The standard InChI is InChI=1S/C22H29ClN4O3/c1-14(2)22(29)27(15(3)4)13-19(28)26-11-6-5-10-18(26)21-24-20(25-30-21)16-8-7-9-17(23)12-16/h7-9,12,14-15,18H,5-6,10-11,13H2,1-4H3. The summed E-state index contributed by atoms with van der Waals surface area (Å²) < 4.78 is 5.54. The Bertz CT molecular complexity index is 896. The van der Waals surface area contributed by atoms with Crippen LogP contribution in [0.3, 0.4) is 0 Å². The molecule has 7 nitrogen and oxygen atoms in total. The molecule has 1 saturated heterocycles. The second kappa shape index (κ2) is 9.60. The number of halogens is 1. The van der Waals surface area contributed by atoms with Gasteiger partial charge in [-0.1, -0.05) is 42.7 Å². The molecule has 2 aromatic rings. The number of aromatic nitrogens is 2. The maximum atomic E-state index is 13.2. The minimum atomic E-state index is -0.283. The number of carbonyl (C=O) groups excluding carboxylic acids is 2. The number of benzene rings is 1. The van der Waals surface area contributed by atoms with Crippen LogP contribution < -0.4 is 0 Å². The van der Waals surface area contributed by atoms with E-state index in [-0.39, 0.29) is 36.4 Å². The first kappa shape index (κ1) is 22.3. The van der Waals surface area contributed by atoms with Crippen LogP contribution in [0.25, 0.3) is 11.4 Å². The van der Waals surface area contributed by atoms with E-state index in [1.165, 1.54) is 0 Å². The first-order valence-corrected chi connectivity index (χ1v) is 10.8. The van der Waals surface area contributed by atoms with Crippen LogP contribution in [0.2, 0.25) is 5.02 Å². The summed E-state index contributed by atoms with van der Waals surface area (Å²) in [6.07, 6.45) is 2.64. The van der Waals surface area contributed by atoms with Crippen LogP contribution in [0.4, 0.5) is 0 Å². The average molecular weight is 433 g/mol. The fourth-order valence-electron chi connectivity index (χ4n) is 3.69. The second-order valence-electron chi connectivity index (χ2n) is 8.28. The van der Waals surface area contributed by atoms with E-state index in [9.17, 15) is 9.59 Å². The third kappa shape index (κ3) is 5.01. The quantitative estimate of drug-likeness (QED) is 0.678. The van der Waals surface area contributed by atoms with Gasteiger partial charge in [0, 0.05) is 29.1 Å². The predicted molar refractivity (Wildman–Crippen MR) is 115 cm³/mol. The molecule has 1 aromatic heterocycles. The normalized spacial score (nSPS) is 16.9. The van der Waals surface area contributed by atoms with Gasteiger partial charge in [0.2, 0.25) is 23.5 Å². The Hall–Kier alpha value is -2.41. The molecule has 8 heteroatoms. The Balaban J connectivity index is 1.79. The van der Waals surface area contributed by atoms with Crippen molar-refractivity contribution in [1.82, 2.24) is 19.9 Å². The maximum Gasteiger partial charge on any atom is 0.249 e. The van der Waals surface area contributed by atoms with Crippen LogP contribution >= 0.6 is 11.6 Å². The lowest BCUT2D eigenvalue weighted by Crippen LogP contribution is -2.49. The molecule has 1 aliphatic heterocycles. The Morgan fingerprint density at radius 3 is 2.70 bits per heavy atom. The molecule has 2 amide bonds. The topological polar surface area (TPSA) is 79.5 Å². The molecule has 0 N–H and O–H groups in total. The van der Waals surface area contributed by atoms with Crippen molar-refractivity contribution in [2.75, 3.05) is 13.1 Å². The molecule has 0 radical (unpaired) electrons. The van der Waals surface area contributed by atoms with Gasteiger partial charge in [0.15, 0.2) is 0 Å². The lowest BCUT2D eigenvalue weighted by Gasteiger charge is -2.36. The summed E-state index contributed by atoms with van der Waals surface area (Å²) in [7, 11) is 0. The third-order valence-corrected chi connectivity index (χ3v) is 5.57. The van der Waals surface area contributed by atoms with Crippen molar-refractivity contribution >= 4 is 23.4 Å². The molecule has 0 saturated carbocycles. The van der Waals surface area contributed by atoms with E-state index in [0.717, 1.165) is 24.8 Å². The molecular formula is C22H29ClN4O3. The number of nitrogens with zero attached hydrogens (tertiary/aromatic N) is 4. The van der Waals surface area contributed by atoms with Gasteiger partial charge in [-0.25, -0.2) is 0 Å². The van der Waals surface area contributed by atoms with Crippen molar-refractivity contribution in [3.63, 3.8) is 0 Å². The number of piperidine rings is 1. The fraction of sp³-hybridized carbons (Fsp3) is 0.545.